The lowest BCUT2D eigenvalue weighted by molar-refractivity contribution is 0.242. The number of pyridine rings is 1. The van der Waals surface area contributed by atoms with Crippen LogP contribution in [0, 0.1) is 0 Å². The maximum atomic E-state index is 5.92. The number of nitrogens with two attached hydrogens (primary N) is 1. The summed E-state index contributed by atoms with van der Waals surface area (Å²) in [7, 11) is 0. The van der Waals surface area contributed by atoms with Crippen LogP contribution in [0.3, 0.4) is 0 Å². The minimum Gasteiger partial charge on any atom is -0.383 e. The second-order valence-corrected chi connectivity index (χ2v) is 5.86. The first-order valence-electron chi connectivity index (χ1n) is 7.40. The van der Waals surface area contributed by atoms with E-state index in [0.717, 1.165) is 37.4 Å². The molecule has 2 aromatic heterocycles. The van der Waals surface area contributed by atoms with Crippen molar-refractivity contribution in [3.63, 3.8) is 0 Å². The summed E-state index contributed by atoms with van der Waals surface area (Å²) in [5.74, 6) is 1.94. The lowest BCUT2D eigenvalue weighted by atomic mass is 10.1. The van der Waals surface area contributed by atoms with E-state index in [4.69, 9.17) is 10.7 Å². The molecule has 3 rings (SSSR count). The van der Waals surface area contributed by atoms with Gasteiger partial charge in [0.1, 0.15) is 11.6 Å². The molecule has 0 bridgehead atoms. The van der Waals surface area contributed by atoms with Crippen LogP contribution in [-0.2, 0) is 19.5 Å². The molecule has 5 nitrogen and oxygen atoms in total. The summed E-state index contributed by atoms with van der Waals surface area (Å²) in [4.78, 5) is 15.7. The number of aromatic nitrogens is 3. The fourth-order valence-corrected chi connectivity index (χ4v) is 2.63. The van der Waals surface area contributed by atoms with E-state index in [1.54, 1.807) is 6.20 Å². The predicted octanol–water partition coefficient (Wildman–Crippen LogP) is 2.14. The summed E-state index contributed by atoms with van der Waals surface area (Å²) in [6.07, 6.45) is 4.68. The van der Waals surface area contributed by atoms with Crippen molar-refractivity contribution in [2.24, 2.45) is 0 Å². The number of rotatable bonds is 3. The highest BCUT2D eigenvalue weighted by Crippen LogP contribution is 2.21. The van der Waals surface area contributed by atoms with Gasteiger partial charge < -0.3 is 5.73 Å². The Balaban J connectivity index is 1.74. The Kier molecular flexibility index (Phi) is 3.84. The molecule has 21 heavy (non-hydrogen) atoms. The van der Waals surface area contributed by atoms with Crippen molar-refractivity contribution in [2.75, 3.05) is 12.3 Å². The summed E-state index contributed by atoms with van der Waals surface area (Å²) in [5, 5.41) is 0. The number of anilines is 1. The molecular weight excluding hydrogens is 262 g/mol. The van der Waals surface area contributed by atoms with Crippen LogP contribution in [0.2, 0.25) is 0 Å². The zero-order valence-corrected chi connectivity index (χ0v) is 12.6. The monoisotopic (exact) mass is 283 g/mol. The normalized spacial score (nSPS) is 15.2. The Morgan fingerprint density at radius 2 is 2.19 bits per heavy atom. The summed E-state index contributed by atoms with van der Waals surface area (Å²) in [6.45, 7) is 6.95. The van der Waals surface area contributed by atoms with Gasteiger partial charge in [0.15, 0.2) is 0 Å². The molecular formula is C16H21N5. The standard InChI is InChI=1S/C16H21N5/c1-11(2)16-19-8-13-10-21(7-5-14(13)20-16)9-12-4-3-6-18-15(12)17/h3-4,6,8,11H,5,7,9-10H2,1-2H3,(H2,17,18). The number of nitrogen functional groups attached to an aromatic ring is 1. The van der Waals surface area contributed by atoms with E-state index in [1.165, 1.54) is 11.3 Å². The molecule has 1 aliphatic rings. The zero-order chi connectivity index (χ0) is 14.8. The maximum absolute atomic E-state index is 5.92. The minimum absolute atomic E-state index is 0.378. The van der Waals surface area contributed by atoms with Gasteiger partial charge in [-0.3, -0.25) is 4.90 Å². The van der Waals surface area contributed by atoms with Gasteiger partial charge in [-0.25, -0.2) is 15.0 Å². The predicted molar refractivity (Wildman–Crippen MR) is 82.6 cm³/mol. The van der Waals surface area contributed by atoms with Crippen molar-refractivity contribution in [2.45, 2.75) is 39.3 Å². The number of fused-ring (bicyclic) bond motifs is 1. The van der Waals surface area contributed by atoms with Gasteiger partial charge in [0.05, 0.1) is 0 Å². The molecule has 0 spiro atoms. The summed E-state index contributed by atoms with van der Waals surface area (Å²) in [6, 6.07) is 3.97. The van der Waals surface area contributed by atoms with Crippen LogP contribution in [0.5, 0.6) is 0 Å². The number of nitrogens with zero attached hydrogens (tertiary/aromatic N) is 4. The van der Waals surface area contributed by atoms with Crippen molar-refractivity contribution in [3.05, 3.63) is 47.2 Å². The third kappa shape index (κ3) is 3.03. The molecule has 3 heterocycles. The topological polar surface area (TPSA) is 67.9 Å². The average molecular weight is 283 g/mol. The van der Waals surface area contributed by atoms with Gasteiger partial charge >= 0.3 is 0 Å². The van der Waals surface area contributed by atoms with Crippen LogP contribution in [0.15, 0.2) is 24.5 Å². The van der Waals surface area contributed by atoms with Crippen molar-refractivity contribution < 1.29 is 0 Å². The molecule has 2 N–H and O–H groups in total. The summed E-state index contributed by atoms with van der Waals surface area (Å²) in [5.41, 5.74) is 9.43. The second-order valence-electron chi connectivity index (χ2n) is 5.86. The molecule has 0 fully saturated rings. The van der Waals surface area contributed by atoms with Crippen molar-refractivity contribution in [3.8, 4) is 0 Å². The molecule has 0 saturated carbocycles. The number of hydrogen-bond acceptors (Lipinski definition) is 5. The van der Waals surface area contributed by atoms with Crippen molar-refractivity contribution >= 4 is 5.82 Å². The van der Waals surface area contributed by atoms with Crippen LogP contribution >= 0.6 is 0 Å². The Morgan fingerprint density at radius 3 is 2.95 bits per heavy atom. The third-order valence-corrected chi connectivity index (χ3v) is 3.87. The van der Waals surface area contributed by atoms with E-state index in [9.17, 15) is 0 Å². The van der Waals surface area contributed by atoms with Gasteiger partial charge in [-0.1, -0.05) is 19.9 Å². The Labute approximate surface area is 125 Å². The molecule has 1 aliphatic heterocycles. The van der Waals surface area contributed by atoms with Gasteiger partial charge in [0, 0.05) is 61.2 Å². The lowest BCUT2D eigenvalue weighted by Gasteiger charge is -2.28. The largest absolute Gasteiger partial charge is 0.383 e. The third-order valence-electron chi connectivity index (χ3n) is 3.87. The molecule has 0 aliphatic carbocycles. The number of hydrogen-bond donors (Lipinski definition) is 1. The van der Waals surface area contributed by atoms with Crippen LogP contribution < -0.4 is 5.73 Å². The zero-order valence-electron chi connectivity index (χ0n) is 12.6. The molecule has 0 radical (unpaired) electrons. The van der Waals surface area contributed by atoms with Gasteiger partial charge in [-0.05, 0) is 6.07 Å². The van der Waals surface area contributed by atoms with Crippen LogP contribution in [0.25, 0.3) is 0 Å². The van der Waals surface area contributed by atoms with E-state index in [2.05, 4.69) is 28.7 Å². The van der Waals surface area contributed by atoms with Crippen molar-refractivity contribution in [1.82, 2.24) is 19.9 Å². The maximum Gasteiger partial charge on any atom is 0.131 e. The molecule has 0 unspecified atom stereocenters. The van der Waals surface area contributed by atoms with E-state index in [0.29, 0.717) is 11.7 Å². The SMILES string of the molecule is CC(C)c1ncc2c(n1)CCN(Cc1cccnc1N)C2. The highest BCUT2D eigenvalue weighted by atomic mass is 15.1. The molecule has 0 saturated heterocycles. The van der Waals surface area contributed by atoms with Crippen molar-refractivity contribution in [1.29, 1.82) is 0 Å². The highest BCUT2D eigenvalue weighted by molar-refractivity contribution is 5.38. The van der Waals surface area contributed by atoms with Crippen LogP contribution in [-0.4, -0.2) is 26.4 Å². The first-order valence-corrected chi connectivity index (χ1v) is 7.40. The first-order chi connectivity index (χ1) is 10.1. The second kappa shape index (κ2) is 5.77. The first kappa shape index (κ1) is 13.9. The van der Waals surface area contributed by atoms with Gasteiger partial charge in [0.25, 0.3) is 0 Å². The summed E-state index contributed by atoms with van der Waals surface area (Å²) >= 11 is 0. The molecule has 0 amide bonds. The fourth-order valence-electron chi connectivity index (χ4n) is 2.63. The highest BCUT2D eigenvalue weighted by Gasteiger charge is 2.19. The molecule has 5 heteroatoms. The van der Waals surface area contributed by atoms with E-state index >= 15 is 0 Å². The van der Waals surface area contributed by atoms with Gasteiger partial charge in [-0.2, -0.15) is 0 Å². The average Bonchev–Trinajstić information content (AvgIpc) is 2.49. The quantitative estimate of drug-likeness (QED) is 0.934. The molecule has 110 valence electrons. The Bertz CT molecular complexity index is 638. The van der Waals surface area contributed by atoms with E-state index < -0.39 is 0 Å². The summed E-state index contributed by atoms with van der Waals surface area (Å²) < 4.78 is 0. The Morgan fingerprint density at radius 1 is 1.33 bits per heavy atom. The smallest absolute Gasteiger partial charge is 0.131 e. The van der Waals surface area contributed by atoms with E-state index in [-0.39, 0.29) is 0 Å². The van der Waals surface area contributed by atoms with Gasteiger partial charge in [0.2, 0.25) is 0 Å². The fraction of sp³-hybridized carbons (Fsp3) is 0.438. The van der Waals surface area contributed by atoms with Crippen LogP contribution in [0.1, 0.15) is 42.4 Å². The van der Waals surface area contributed by atoms with Gasteiger partial charge in [-0.15, -0.1) is 0 Å². The molecule has 2 aromatic rings. The van der Waals surface area contributed by atoms with Crippen LogP contribution in [0.4, 0.5) is 5.82 Å². The lowest BCUT2D eigenvalue weighted by Crippen LogP contribution is -2.31. The Hall–Kier alpha value is -2.01. The molecule has 0 atom stereocenters. The molecule has 0 aromatic carbocycles. The minimum atomic E-state index is 0.378. The van der Waals surface area contributed by atoms with E-state index in [1.807, 2.05) is 18.3 Å².